The van der Waals surface area contributed by atoms with Crippen molar-refractivity contribution < 1.29 is 23.4 Å². The average Bonchev–Trinajstić information content (AvgIpc) is 3.15. The van der Waals surface area contributed by atoms with E-state index >= 15 is 0 Å². The van der Waals surface area contributed by atoms with Crippen molar-refractivity contribution in [2.24, 2.45) is 11.8 Å². The van der Waals surface area contributed by atoms with Gasteiger partial charge >= 0.3 is 0 Å². The first kappa shape index (κ1) is 21.4. The zero-order valence-corrected chi connectivity index (χ0v) is 16.0. The number of carbonyl (C=O) groups is 1. The van der Waals surface area contributed by atoms with Gasteiger partial charge in [0.15, 0.2) is 0 Å². The second-order valence-electron chi connectivity index (χ2n) is 6.97. The molecule has 0 bridgehead atoms. The van der Waals surface area contributed by atoms with E-state index in [1.165, 1.54) is 6.07 Å². The predicted octanol–water partition coefficient (Wildman–Crippen LogP) is 3.69. The van der Waals surface area contributed by atoms with Crippen molar-refractivity contribution in [3.05, 3.63) is 34.4 Å². The fourth-order valence-corrected chi connectivity index (χ4v) is 3.69. The van der Waals surface area contributed by atoms with E-state index in [0.29, 0.717) is 12.8 Å². The number of hydrogen-bond donors (Lipinski definition) is 2. The summed E-state index contributed by atoms with van der Waals surface area (Å²) in [7, 11) is 0. The van der Waals surface area contributed by atoms with Gasteiger partial charge < -0.3 is 15.2 Å². The highest BCUT2D eigenvalue weighted by Gasteiger charge is 2.33. The molecule has 0 aliphatic heterocycles. The lowest BCUT2D eigenvalue weighted by Crippen LogP contribution is -2.37. The molecule has 1 aliphatic carbocycles. The second kappa shape index (κ2) is 9.88. The van der Waals surface area contributed by atoms with E-state index in [1.807, 2.05) is 0 Å². The number of carbonyl (C=O) groups excluding carboxylic acids is 1. The van der Waals surface area contributed by atoms with Crippen LogP contribution in [0.25, 0.3) is 0 Å². The second-order valence-corrected chi connectivity index (χ2v) is 7.37. The van der Waals surface area contributed by atoms with Crippen LogP contribution in [-0.4, -0.2) is 18.6 Å². The summed E-state index contributed by atoms with van der Waals surface area (Å²) in [5.41, 5.74) is -0.182. The van der Waals surface area contributed by atoms with E-state index < -0.39 is 29.7 Å². The van der Waals surface area contributed by atoms with Crippen molar-refractivity contribution in [2.45, 2.75) is 51.5 Å². The fourth-order valence-electron chi connectivity index (χ4n) is 3.53. The van der Waals surface area contributed by atoms with Crippen LogP contribution < -0.4 is 10.4 Å². The molecule has 0 aromatic heterocycles. The van der Waals surface area contributed by atoms with Crippen LogP contribution in [0.2, 0.25) is 5.02 Å². The zero-order valence-electron chi connectivity index (χ0n) is 15.2. The zero-order chi connectivity index (χ0) is 20.0. The molecular formula is C19H24ClF2N2O3-. The highest BCUT2D eigenvalue weighted by atomic mass is 35.5. The maximum atomic E-state index is 14.6. The molecular weight excluding hydrogens is 378 g/mol. The maximum absolute atomic E-state index is 14.6. The Morgan fingerprint density at radius 3 is 2.70 bits per heavy atom. The van der Waals surface area contributed by atoms with Crippen LogP contribution in [0.15, 0.2) is 12.1 Å². The molecule has 0 spiro atoms. The minimum Gasteiger partial charge on any atom is -0.601 e. The van der Waals surface area contributed by atoms with Gasteiger partial charge in [0.2, 0.25) is 5.91 Å². The van der Waals surface area contributed by atoms with Crippen LogP contribution in [0.5, 0.6) is 0 Å². The van der Waals surface area contributed by atoms with Gasteiger partial charge in [0, 0.05) is 11.5 Å². The minimum absolute atomic E-state index is 0.0483. The number of halogens is 3. The molecule has 2 atom stereocenters. The Bertz CT molecular complexity index is 681. The Kier molecular flexibility index (Phi) is 7.83. The van der Waals surface area contributed by atoms with Gasteiger partial charge in [0.05, 0.1) is 11.1 Å². The van der Waals surface area contributed by atoms with E-state index in [0.717, 1.165) is 31.7 Å². The smallest absolute Gasteiger partial charge is 0.223 e. The number of rotatable bonds is 8. The summed E-state index contributed by atoms with van der Waals surface area (Å²) in [4.78, 5) is 12.6. The lowest BCUT2D eigenvalue weighted by molar-refractivity contribution is -0.252. The van der Waals surface area contributed by atoms with Gasteiger partial charge in [-0.1, -0.05) is 31.4 Å². The number of amides is 1. The molecule has 150 valence electrons. The van der Waals surface area contributed by atoms with Crippen molar-refractivity contribution in [3.63, 3.8) is 0 Å². The third-order valence-corrected chi connectivity index (χ3v) is 5.31. The molecule has 2 rings (SSSR count). The SMILES string of the molecule is C[C@@H](CCCOC(=N)[O-])C(=O)N[C@H](c1c(F)ccc(Cl)c1F)C1CCCC1. The normalized spacial score (nSPS) is 16.7. The molecule has 5 nitrogen and oxygen atoms in total. The van der Waals surface area contributed by atoms with Crippen LogP contribution in [0.3, 0.4) is 0 Å². The van der Waals surface area contributed by atoms with E-state index in [1.54, 1.807) is 6.92 Å². The molecule has 27 heavy (non-hydrogen) atoms. The minimum atomic E-state index is -1.11. The number of benzene rings is 1. The lowest BCUT2D eigenvalue weighted by atomic mass is 9.90. The molecule has 0 unspecified atom stereocenters. The first-order valence-electron chi connectivity index (χ1n) is 9.13. The topological polar surface area (TPSA) is 85.2 Å². The van der Waals surface area contributed by atoms with Crippen LogP contribution in [0, 0.1) is 28.9 Å². The van der Waals surface area contributed by atoms with Crippen LogP contribution >= 0.6 is 11.6 Å². The molecule has 1 fully saturated rings. The third kappa shape index (κ3) is 5.79. The summed E-state index contributed by atoms with van der Waals surface area (Å²) in [5, 5.41) is 19.8. The Balaban J connectivity index is 2.10. The molecule has 1 aromatic carbocycles. The standard InChI is InChI=1S/C19H25ClF2N2O3/c1-11(5-4-10-27-19(23)26)18(25)24-17(12-6-2-3-7-12)15-14(21)9-8-13(20)16(15)22/h8-9,11-12,17H,2-7,10H2,1H3,(H2,23,26)(H,24,25)/p-1/t11-,17-/m0/s1. The fraction of sp³-hybridized carbons (Fsp3) is 0.579. The number of ether oxygens (including phenoxy) is 1. The third-order valence-electron chi connectivity index (χ3n) is 5.02. The average molecular weight is 402 g/mol. The van der Waals surface area contributed by atoms with Crippen LogP contribution in [0.4, 0.5) is 8.78 Å². The van der Waals surface area contributed by atoms with E-state index in [4.69, 9.17) is 17.0 Å². The Morgan fingerprint density at radius 2 is 2.07 bits per heavy atom. The molecule has 1 saturated carbocycles. The number of hydrogen-bond acceptors (Lipinski definition) is 4. The van der Waals surface area contributed by atoms with E-state index in [2.05, 4.69) is 10.1 Å². The lowest BCUT2D eigenvalue weighted by Gasteiger charge is -2.28. The van der Waals surface area contributed by atoms with E-state index in [9.17, 15) is 18.7 Å². The van der Waals surface area contributed by atoms with Gasteiger partial charge in [-0.05, 0) is 50.3 Å². The monoisotopic (exact) mass is 401 g/mol. The summed E-state index contributed by atoms with van der Waals surface area (Å²) in [6, 6.07) is 1.51. The van der Waals surface area contributed by atoms with Gasteiger partial charge in [0.1, 0.15) is 17.7 Å². The van der Waals surface area contributed by atoms with Gasteiger partial charge in [-0.2, -0.15) is 0 Å². The molecule has 1 aromatic rings. The highest BCUT2D eigenvalue weighted by Crippen LogP contribution is 2.39. The molecule has 0 heterocycles. The van der Waals surface area contributed by atoms with Gasteiger partial charge in [-0.25, -0.2) is 8.78 Å². The summed E-state index contributed by atoms with van der Waals surface area (Å²) >= 11 is 5.83. The van der Waals surface area contributed by atoms with Crippen molar-refractivity contribution in [1.29, 1.82) is 5.41 Å². The molecule has 0 saturated heterocycles. The van der Waals surface area contributed by atoms with Gasteiger partial charge in [-0.15, -0.1) is 0 Å². The van der Waals surface area contributed by atoms with Crippen molar-refractivity contribution in [1.82, 2.24) is 5.32 Å². The largest absolute Gasteiger partial charge is 0.601 e. The van der Waals surface area contributed by atoms with Gasteiger partial charge in [0.25, 0.3) is 0 Å². The van der Waals surface area contributed by atoms with Crippen LogP contribution in [0.1, 0.15) is 57.1 Å². The predicted molar refractivity (Wildman–Crippen MR) is 96.3 cm³/mol. The first-order chi connectivity index (χ1) is 12.8. The van der Waals surface area contributed by atoms with Crippen LogP contribution in [-0.2, 0) is 9.53 Å². The Labute approximate surface area is 162 Å². The summed E-state index contributed by atoms with van der Waals surface area (Å²) in [6.45, 7) is 1.76. The summed E-state index contributed by atoms with van der Waals surface area (Å²) < 4.78 is 33.5. The number of nitrogens with one attached hydrogen (secondary N) is 2. The molecule has 0 radical (unpaired) electrons. The van der Waals surface area contributed by atoms with E-state index in [-0.39, 0.29) is 29.0 Å². The first-order valence-corrected chi connectivity index (χ1v) is 9.51. The Morgan fingerprint density at radius 1 is 1.41 bits per heavy atom. The molecule has 2 N–H and O–H groups in total. The quantitative estimate of drug-likeness (QED) is 0.301. The molecule has 1 amide bonds. The van der Waals surface area contributed by atoms with Crippen molar-refractivity contribution in [2.75, 3.05) is 6.61 Å². The van der Waals surface area contributed by atoms with Gasteiger partial charge in [-0.3, -0.25) is 10.2 Å². The Hall–Kier alpha value is -1.89. The molecule has 8 heteroatoms. The van der Waals surface area contributed by atoms with Crippen molar-refractivity contribution >= 4 is 23.6 Å². The van der Waals surface area contributed by atoms with Crippen molar-refractivity contribution in [3.8, 4) is 0 Å². The summed E-state index contributed by atoms with van der Waals surface area (Å²) in [6.07, 6.45) is 3.21. The highest BCUT2D eigenvalue weighted by molar-refractivity contribution is 6.30. The maximum Gasteiger partial charge on any atom is 0.223 e. The summed E-state index contributed by atoms with van der Waals surface area (Å²) in [5.74, 6) is -2.34. The molecule has 1 aliphatic rings.